The van der Waals surface area contributed by atoms with Crippen LogP contribution >= 0.6 is 0 Å². The summed E-state index contributed by atoms with van der Waals surface area (Å²) in [6, 6.07) is -0.267. The molecule has 4 aliphatic carbocycles. The number of nitrogens with zero attached hydrogens (tertiary/aromatic N) is 1. The second kappa shape index (κ2) is 6.23. The fourth-order valence-corrected chi connectivity index (χ4v) is 6.21. The van der Waals surface area contributed by atoms with Gasteiger partial charge in [0.05, 0.1) is 0 Å². The Balaban J connectivity index is 1.41. The highest BCUT2D eigenvalue weighted by Gasteiger charge is 2.52. The van der Waals surface area contributed by atoms with E-state index >= 15 is 0 Å². The third-order valence-electron chi connectivity index (χ3n) is 6.78. The topological polar surface area (TPSA) is 61.4 Å². The van der Waals surface area contributed by atoms with Gasteiger partial charge in [-0.2, -0.15) is 0 Å². The highest BCUT2D eigenvalue weighted by Crippen LogP contribution is 2.55. The molecular weight excluding hydrogens is 302 g/mol. The number of hydrogen-bond donors (Lipinski definition) is 2. The molecule has 5 fully saturated rings. The second-order valence-electron chi connectivity index (χ2n) is 8.77. The van der Waals surface area contributed by atoms with Crippen LogP contribution in [-0.4, -0.2) is 41.5 Å². The zero-order valence-electron chi connectivity index (χ0n) is 14.9. The predicted octanol–water partition coefficient (Wildman–Crippen LogP) is 2.66. The van der Waals surface area contributed by atoms with Crippen LogP contribution < -0.4 is 10.6 Å². The molecule has 24 heavy (non-hydrogen) atoms. The molecule has 4 saturated carbocycles. The highest BCUT2D eigenvalue weighted by molar-refractivity contribution is 5.87. The maximum absolute atomic E-state index is 13.0. The van der Waals surface area contributed by atoms with Crippen LogP contribution in [0.5, 0.6) is 0 Å². The van der Waals surface area contributed by atoms with Gasteiger partial charge >= 0.3 is 6.03 Å². The maximum atomic E-state index is 13.0. The summed E-state index contributed by atoms with van der Waals surface area (Å²) in [7, 11) is 0. The van der Waals surface area contributed by atoms with Gasteiger partial charge in [-0.15, -0.1) is 0 Å². The molecule has 1 heterocycles. The molecule has 134 valence electrons. The van der Waals surface area contributed by atoms with Crippen LogP contribution in [0.1, 0.15) is 64.7 Å². The van der Waals surface area contributed by atoms with Gasteiger partial charge in [-0.1, -0.05) is 6.92 Å². The molecule has 5 heteroatoms. The molecule has 4 bridgehead atoms. The van der Waals surface area contributed by atoms with Crippen LogP contribution in [0.2, 0.25) is 0 Å². The lowest BCUT2D eigenvalue weighted by molar-refractivity contribution is -0.124. The lowest BCUT2D eigenvalue weighted by atomic mass is 9.53. The molecule has 1 atom stereocenters. The van der Waals surface area contributed by atoms with Crippen LogP contribution in [0.4, 0.5) is 4.79 Å². The smallest absolute Gasteiger partial charge is 0.318 e. The molecule has 0 aromatic carbocycles. The molecule has 1 saturated heterocycles. The monoisotopic (exact) mass is 333 g/mol. The SMILES string of the molecule is CCCNC(=O)[C@H]1CCCN1C(=O)NC12CC3CC(CC(C3)C1)C2. The summed E-state index contributed by atoms with van der Waals surface area (Å²) in [4.78, 5) is 27.1. The summed E-state index contributed by atoms with van der Waals surface area (Å²) >= 11 is 0. The van der Waals surface area contributed by atoms with Crippen molar-refractivity contribution in [1.29, 1.82) is 0 Å². The molecule has 0 unspecified atom stereocenters. The highest BCUT2D eigenvalue weighted by atomic mass is 16.2. The minimum Gasteiger partial charge on any atom is -0.354 e. The van der Waals surface area contributed by atoms with Crippen LogP contribution in [0.3, 0.4) is 0 Å². The summed E-state index contributed by atoms with van der Waals surface area (Å²) < 4.78 is 0. The molecule has 1 aliphatic heterocycles. The standard InChI is InChI=1S/C19H31N3O2/c1-2-5-20-17(23)16-4-3-6-22(16)18(24)21-19-10-13-7-14(11-19)9-15(8-13)12-19/h13-16H,2-12H2,1H3,(H,20,23)(H,21,24)/t13?,14?,15?,16-,19?/m1/s1. The molecule has 0 aromatic rings. The molecule has 5 rings (SSSR count). The minimum atomic E-state index is -0.273. The van der Waals surface area contributed by atoms with Crippen molar-refractivity contribution in [3.8, 4) is 0 Å². The summed E-state index contributed by atoms with van der Waals surface area (Å²) in [5, 5.41) is 6.37. The number of nitrogens with one attached hydrogen (secondary N) is 2. The van der Waals surface area contributed by atoms with Gasteiger partial charge in [0.15, 0.2) is 0 Å². The van der Waals surface area contributed by atoms with Gasteiger partial charge in [0.2, 0.25) is 5.91 Å². The van der Waals surface area contributed by atoms with Crippen molar-refractivity contribution in [3.63, 3.8) is 0 Å². The van der Waals surface area contributed by atoms with Gasteiger partial charge in [0.25, 0.3) is 0 Å². The Kier molecular flexibility index (Phi) is 4.21. The van der Waals surface area contributed by atoms with E-state index in [4.69, 9.17) is 0 Å². The van der Waals surface area contributed by atoms with Gasteiger partial charge in [-0.05, 0) is 75.5 Å². The van der Waals surface area contributed by atoms with E-state index < -0.39 is 0 Å². The van der Waals surface area contributed by atoms with Gasteiger partial charge in [-0.25, -0.2) is 4.79 Å². The molecule has 0 radical (unpaired) electrons. The first-order valence-corrected chi connectivity index (χ1v) is 9.95. The average Bonchev–Trinajstić information content (AvgIpc) is 3.00. The van der Waals surface area contributed by atoms with E-state index in [1.54, 1.807) is 4.90 Å². The Morgan fingerprint density at radius 2 is 1.71 bits per heavy atom. The number of rotatable bonds is 4. The quantitative estimate of drug-likeness (QED) is 0.831. The lowest BCUT2D eigenvalue weighted by Crippen LogP contribution is -2.62. The summed E-state index contributed by atoms with van der Waals surface area (Å²) in [5.41, 5.74) is 0.0267. The summed E-state index contributed by atoms with van der Waals surface area (Å²) in [6.45, 7) is 3.45. The van der Waals surface area contributed by atoms with Crippen molar-refractivity contribution < 1.29 is 9.59 Å². The second-order valence-corrected chi connectivity index (χ2v) is 8.77. The van der Waals surface area contributed by atoms with Crippen molar-refractivity contribution >= 4 is 11.9 Å². The fraction of sp³-hybridized carbons (Fsp3) is 0.895. The van der Waals surface area contributed by atoms with E-state index in [0.717, 1.165) is 56.3 Å². The van der Waals surface area contributed by atoms with E-state index in [1.807, 2.05) is 6.92 Å². The van der Waals surface area contributed by atoms with Crippen LogP contribution in [0.15, 0.2) is 0 Å². The number of carbonyl (C=O) groups is 2. The average molecular weight is 333 g/mol. The van der Waals surface area contributed by atoms with Gasteiger partial charge in [0.1, 0.15) is 6.04 Å². The summed E-state index contributed by atoms with van der Waals surface area (Å²) in [6.07, 6.45) is 10.3. The maximum Gasteiger partial charge on any atom is 0.318 e. The van der Waals surface area contributed by atoms with E-state index in [2.05, 4.69) is 10.6 Å². The largest absolute Gasteiger partial charge is 0.354 e. The number of hydrogen-bond acceptors (Lipinski definition) is 2. The van der Waals surface area contributed by atoms with Crippen molar-refractivity contribution in [2.24, 2.45) is 17.8 Å². The minimum absolute atomic E-state index is 0.00565. The van der Waals surface area contributed by atoms with Crippen LogP contribution in [0.25, 0.3) is 0 Å². The van der Waals surface area contributed by atoms with Gasteiger partial charge < -0.3 is 15.5 Å². The van der Waals surface area contributed by atoms with Crippen LogP contribution in [-0.2, 0) is 4.79 Å². The molecule has 0 aromatic heterocycles. The van der Waals surface area contributed by atoms with Crippen LogP contribution in [0, 0.1) is 17.8 Å². The first kappa shape index (κ1) is 16.2. The normalized spacial score (nSPS) is 40.0. The van der Waals surface area contributed by atoms with E-state index in [1.165, 1.54) is 19.3 Å². The molecule has 3 amide bonds. The first-order valence-electron chi connectivity index (χ1n) is 9.95. The molecule has 5 aliphatic rings. The fourth-order valence-electron chi connectivity index (χ4n) is 6.21. The number of carbonyl (C=O) groups excluding carboxylic acids is 2. The Labute approximate surface area is 144 Å². The summed E-state index contributed by atoms with van der Waals surface area (Å²) in [5.74, 6) is 2.48. The zero-order chi connectivity index (χ0) is 16.7. The van der Waals surface area contributed by atoms with Crippen molar-refractivity contribution in [3.05, 3.63) is 0 Å². The van der Waals surface area contributed by atoms with Crippen molar-refractivity contribution in [2.75, 3.05) is 13.1 Å². The number of amides is 3. The third kappa shape index (κ3) is 2.91. The Morgan fingerprint density at radius 3 is 2.29 bits per heavy atom. The lowest BCUT2D eigenvalue weighted by Gasteiger charge is -2.57. The van der Waals surface area contributed by atoms with E-state index in [9.17, 15) is 9.59 Å². The van der Waals surface area contributed by atoms with Crippen molar-refractivity contribution in [2.45, 2.75) is 76.3 Å². The van der Waals surface area contributed by atoms with E-state index in [0.29, 0.717) is 13.1 Å². The molecular formula is C19H31N3O2. The van der Waals surface area contributed by atoms with Gasteiger partial charge in [0, 0.05) is 18.6 Å². The first-order chi connectivity index (χ1) is 11.6. The predicted molar refractivity (Wildman–Crippen MR) is 92.5 cm³/mol. The third-order valence-corrected chi connectivity index (χ3v) is 6.78. The number of urea groups is 1. The van der Waals surface area contributed by atoms with Crippen molar-refractivity contribution in [1.82, 2.24) is 15.5 Å². The molecule has 5 nitrogen and oxygen atoms in total. The Bertz CT molecular complexity index is 483. The van der Waals surface area contributed by atoms with Gasteiger partial charge in [-0.3, -0.25) is 4.79 Å². The Hall–Kier alpha value is -1.26. The zero-order valence-corrected chi connectivity index (χ0v) is 14.9. The number of likely N-dealkylation sites (tertiary alicyclic amines) is 1. The molecule has 0 spiro atoms. The van der Waals surface area contributed by atoms with E-state index in [-0.39, 0.29) is 23.5 Å². The Morgan fingerprint density at radius 1 is 1.08 bits per heavy atom. The molecule has 2 N–H and O–H groups in total.